The molecule has 1 atom stereocenters. The number of sulfonamides is 1. The topological polar surface area (TPSA) is 92.8 Å². The summed E-state index contributed by atoms with van der Waals surface area (Å²) in [6.07, 6.45) is 1.20. The van der Waals surface area contributed by atoms with Gasteiger partial charge in [0.1, 0.15) is 0 Å². The minimum Gasteiger partial charge on any atom is -0.465 e. The highest BCUT2D eigenvalue weighted by Gasteiger charge is 2.33. The molecule has 2 aromatic carbocycles. The number of esters is 1. The van der Waals surface area contributed by atoms with Crippen LogP contribution in [0.5, 0.6) is 0 Å². The second-order valence-electron chi connectivity index (χ2n) is 6.58. The first-order valence-electron chi connectivity index (χ1n) is 8.96. The standard InChI is InChI=1S/C20H22N2O5S/c1-27-20(24)15-7-5-9-17(13-15)21-19(23)16-8-6-12-22(14-16)28(25,26)18-10-3-2-4-11-18/h2-5,7,9-11,13,16H,6,8,12,14H2,1H3,(H,21,23)/t16-/m1/s1. The number of methoxy groups -OCH3 is 1. The maximum atomic E-state index is 12.8. The highest BCUT2D eigenvalue weighted by molar-refractivity contribution is 7.89. The first-order valence-corrected chi connectivity index (χ1v) is 10.4. The van der Waals surface area contributed by atoms with E-state index in [9.17, 15) is 18.0 Å². The molecule has 1 aliphatic heterocycles. The fourth-order valence-electron chi connectivity index (χ4n) is 3.20. The van der Waals surface area contributed by atoms with E-state index in [-0.39, 0.29) is 17.3 Å². The Morgan fingerprint density at radius 3 is 2.57 bits per heavy atom. The Morgan fingerprint density at radius 2 is 1.86 bits per heavy atom. The van der Waals surface area contributed by atoms with Crippen molar-refractivity contribution in [2.75, 3.05) is 25.5 Å². The summed E-state index contributed by atoms with van der Waals surface area (Å²) in [7, 11) is -2.34. The number of piperidine rings is 1. The highest BCUT2D eigenvalue weighted by Crippen LogP contribution is 2.25. The van der Waals surface area contributed by atoms with Crippen LogP contribution in [0.2, 0.25) is 0 Å². The average molecular weight is 402 g/mol. The lowest BCUT2D eigenvalue weighted by Gasteiger charge is -2.31. The summed E-state index contributed by atoms with van der Waals surface area (Å²) >= 11 is 0. The molecule has 2 aromatic rings. The van der Waals surface area contributed by atoms with Crippen molar-refractivity contribution in [3.63, 3.8) is 0 Å². The predicted octanol–water partition coefficient (Wildman–Crippen LogP) is 2.51. The SMILES string of the molecule is COC(=O)c1cccc(NC(=O)[C@@H]2CCCN(S(=O)(=O)c3ccccc3)C2)c1. The summed E-state index contributed by atoms with van der Waals surface area (Å²) in [5, 5.41) is 2.77. The maximum absolute atomic E-state index is 12.8. The van der Waals surface area contributed by atoms with Crippen LogP contribution in [0, 0.1) is 5.92 Å². The molecular weight excluding hydrogens is 380 g/mol. The zero-order valence-electron chi connectivity index (χ0n) is 15.5. The summed E-state index contributed by atoms with van der Waals surface area (Å²) in [5.74, 6) is -1.22. The number of carbonyl (C=O) groups excluding carboxylic acids is 2. The van der Waals surface area contributed by atoms with Gasteiger partial charge in [0, 0.05) is 18.8 Å². The minimum atomic E-state index is -3.63. The number of hydrogen-bond acceptors (Lipinski definition) is 5. The molecule has 1 saturated heterocycles. The van der Waals surface area contributed by atoms with E-state index < -0.39 is 21.9 Å². The Bertz CT molecular complexity index is 960. The molecule has 0 radical (unpaired) electrons. The largest absolute Gasteiger partial charge is 0.465 e. The number of amides is 1. The van der Waals surface area contributed by atoms with Gasteiger partial charge in [-0.1, -0.05) is 24.3 Å². The molecule has 1 fully saturated rings. The van der Waals surface area contributed by atoms with Gasteiger partial charge in [-0.15, -0.1) is 0 Å². The van der Waals surface area contributed by atoms with Crippen LogP contribution < -0.4 is 5.32 Å². The Morgan fingerprint density at radius 1 is 1.11 bits per heavy atom. The third kappa shape index (κ3) is 4.40. The van der Waals surface area contributed by atoms with Crippen molar-refractivity contribution in [2.24, 2.45) is 5.92 Å². The van der Waals surface area contributed by atoms with E-state index in [4.69, 9.17) is 0 Å². The first-order chi connectivity index (χ1) is 13.4. The van der Waals surface area contributed by atoms with Gasteiger partial charge in [-0.2, -0.15) is 4.31 Å². The first kappa shape index (κ1) is 20.0. The number of hydrogen-bond donors (Lipinski definition) is 1. The van der Waals surface area contributed by atoms with E-state index in [0.717, 1.165) is 0 Å². The zero-order chi connectivity index (χ0) is 20.1. The van der Waals surface area contributed by atoms with Crippen molar-refractivity contribution in [1.82, 2.24) is 4.31 Å². The molecule has 0 aliphatic carbocycles. The van der Waals surface area contributed by atoms with Crippen molar-refractivity contribution in [1.29, 1.82) is 0 Å². The van der Waals surface area contributed by atoms with Gasteiger partial charge in [-0.05, 0) is 43.2 Å². The van der Waals surface area contributed by atoms with Gasteiger partial charge in [-0.25, -0.2) is 13.2 Å². The molecule has 8 heteroatoms. The predicted molar refractivity (Wildman–Crippen MR) is 104 cm³/mol. The molecule has 1 heterocycles. The Kier molecular flexibility index (Phi) is 6.11. The second kappa shape index (κ2) is 8.53. The lowest BCUT2D eigenvalue weighted by Crippen LogP contribution is -2.43. The van der Waals surface area contributed by atoms with Crippen molar-refractivity contribution in [3.8, 4) is 0 Å². The molecule has 28 heavy (non-hydrogen) atoms. The van der Waals surface area contributed by atoms with E-state index in [1.54, 1.807) is 48.5 Å². The van der Waals surface area contributed by atoms with Gasteiger partial charge in [0.05, 0.1) is 23.5 Å². The van der Waals surface area contributed by atoms with E-state index in [1.807, 2.05) is 0 Å². The molecule has 0 bridgehead atoms. The number of nitrogens with zero attached hydrogens (tertiary/aromatic N) is 1. The Hall–Kier alpha value is -2.71. The monoisotopic (exact) mass is 402 g/mol. The van der Waals surface area contributed by atoms with Crippen LogP contribution in [0.4, 0.5) is 5.69 Å². The number of ether oxygens (including phenoxy) is 1. The van der Waals surface area contributed by atoms with Gasteiger partial charge < -0.3 is 10.1 Å². The molecule has 3 rings (SSSR count). The lowest BCUT2D eigenvalue weighted by atomic mass is 9.98. The summed E-state index contributed by atoms with van der Waals surface area (Å²) in [6.45, 7) is 0.512. The van der Waals surface area contributed by atoms with Crippen LogP contribution >= 0.6 is 0 Å². The molecule has 0 unspecified atom stereocenters. The van der Waals surface area contributed by atoms with Crippen LogP contribution in [0.1, 0.15) is 23.2 Å². The Labute approximate surface area is 164 Å². The van der Waals surface area contributed by atoms with Crippen LogP contribution in [0.15, 0.2) is 59.5 Å². The smallest absolute Gasteiger partial charge is 0.337 e. The maximum Gasteiger partial charge on any atom is 0.337 e. The fourth-order valence-corrected chi connectivity index (χ4v) is 4.75. The van der Waals surface area contributed by atoms with Gasteiger partial charge in [0.2, 0.25) is 15.9 Å². The molecule has 1 N–H and O–H groups in total. The molecular formula is C20H22N2O5S. The quantitative estimate of drug-likeness (QED) is 0.776. The summed E-state index contributed by atoms with van der Waals surface area (Å²) in [5.41, 5.74) is 0.799. The minimum absolute atomic E-state index is 0.125. The molecule has 7 nitrogen and oxygen atoms in total. The number of nitrogens with one attached hydrogen (secondary N) is 1. The third-order valence-corrected chi connectivity index (χ3v) is 6.57. The molecule has 0 spiro atoms. The third-order valence-electron chi connectivity index (χ3n) is 4.69. The summed E-state index contributed by atoms with van der Waals surface area (Å²) in [6, 6.07) is 14.7. The average Bonchev–Trinajstić information content (AvgIpc) is 2.74. The number of benzene rings is 2. The van der Waals surface area contributed by atoms with Crippen LogP contribution in [-0.2, 0) is 19.6 Å². The number of carbonyl (C=O) groups is 2. The molecule has 1 aliphatic rings. The van der Waals surface area contributed by atoms with E-state index in [0.29, 0.717) is 30.6 Å². The van der Waals surface area contributed by atoms with Gasteiger partial charge >= 0.3 is 5.97 Å². The van der Waals surface area contributed by atoms with Crippen LogP contribution in [-0.4, -0.2) is 44.8 Å². The number of anilines is 1. The molecule has 148 valence electrons. The lowest BCUT2D eigenvalue weighted by molar-refractivity contribution is -0.120. The Balaban J connectivity index is 1.71. The summed E-state index contributed by atoms with van der Waals surface area (Å²) in [4.78, 5) is 24.5. The normalized spacial score (nSPS) is 17.7. The van der Waals surface area contributed by atoms with E-state index in [1.165, 1.54) is 17.5 Å². The van der Waals surface area contributed by atoms with Crippen LogP contribution in [0.3, 0.4) is 0 Å². The molecule has 0 saturated carbocycles. The van der Waals surface area contributed by atoms with Crippen molar-refractivity contribution in [2.45, 2.75) is 17.7 Å². The van der Waals surface area contributed by atoms with Crippen LogP contribution in [0.25, 0.3) is 0 Å². The zero-order valence-corrected chi connectivity index (χ0v) is 16.3. The highest BCUT2D eigenvalue weighted by atomic mass is 32.2. The number of rotatable bonds is 5. The van der Waals surface area contributed by atoms with Crippen molar-refractivity contribution >= 4 is 27.6 Å². The fraction of sp³-hybridized carbons (Fsp3) is 0.300. The van der Waals surface area contributed by atoms with Crippen molar-refractivity contribution in [3.05, 3.63) is 60.2 Å². The van der Waals surface area contributed by atoms with Crippen molar-refractivity contribution < 1.29 is 22.7 Å². The van der Waals surface area contributed by atoms with Gasteiger partial charge in [-0.3, -0.25) is 4.79 Å². The van der Waals surface area contributed by atoms with Gasteiger partial charge in [0.15, 0.2) is 0 Å². The molecule has 0 aromatic heterocycles. The van der Waals surface area contributed by atoms with E-state index in [2.05, 4.69) is 10.1 Å². The van der Waals surface area contributed by atoms with E-state index >= 15 is 0 Å². The molecule has 1 amide bonds. The summed E-state index contributed by atoms with van der Waals surface area (Å²) < 4.78 is 31.7. The van der Waals surface area contributed by atoms with Gasteiger partial charge in [0.25, 0.3) is 0 Å². The second-order valence-corrected chi connectivity index (χ2v) is 8.51.